The van der Waals surface area contributed by atoms with E-state index in [2.05, 4.69) is 26.8 Å². The Morgan fingerprint density at radius 3 is 2.85 bits per heavy atom. The van der Waals surface area contributed by atoms with Crippen molar-refractivity contribution in [3.05, 3.63) is 23.8 Å². The smallest absolute Gasteiger partial charge is 0.178 e. The van der Waals surface area contributed by atoms with Crippen molar-refractivity contribution in [1.29, 1.82) is 0 Å². The van der Waals surface area contributed by atoms with Crippen LogP contribution in [0.15, 0.2) is 23.8 Å². The van der Waals surface area contributed by atoms with Gasteiger partial charge >= 0.3 is 0 Å². The topological polar surface area (TPSA) is 66.9 Å². The van der Waals surface area contributed by atoms with Crippen molar-refractivity contribution in [2.45, 2.75) is 58.2 Å². The fourth-order valence-corrected chi connectivity index (χ4v) is 7.80. The van der Waals surface area contributed by atoms with E-state index in [1.54, 1.807) is 6.08 Å². The average Bonchev–Trinajstić information content (AvgIpc) is 3.24. The van der Waals surface area contributed by atoms with E-state index in [1.165, 1.54) is 5.57 Å². The zero-order chi connectivity index (χ0) is 18.5. The third-order valence-corrected chi connectivity index (χ3v) is 8.78. The summed E-state index contributed by atoms with van der Waals surface area (Å²) in [6, 6.07) is 0. The number of rotatable bonds is 2. The van der Waals surface area contributed by atoms with E-state index in [0.717, 1.165) is 25.7 Å². The fraction of sp³-hybridized carbons (Fsp3) is 0.727. The Kier molecular flexibility index (Phi) is 3.22. The first kappa shape index (κ1) is 16.9. The van der Waals surface area contributed by atoms with Crippen LogP contribution in [-0.2, 0) is 14.3 Å². The minimum Gasteiger partial charge on any atom is -0.389 e. The van der Waals surface area contributed by atoms with Crippen LogP contribution in [0, 0.1) is 34.5 Å². The number of hydrogen-bond acceptors (Lipinski definition) is 4. The third kappa shape index (κ3) is 1.73. The second kappa shape index (κ2) is 4.96. The molecule has 3 saturated carbocycles. The van der Waals surface area contributed by atoms with Crippen molar-refractivity contribution in [1.82, 2.24) is 0 Å². The summed E-state index contributed by atoms with van der Waals surface area (Å²) in [6.45, 7) is 6.33. The first-order chi connectivity index (χ1) is 12.3. The molecule has 4 heteroatoms. The van der Waals surface area contributed by atoms with Gasteiger partial charge in [-0.05, 0) is 67.9 Å². The quantitative estimate of drug-likeness (QED) is 0.773. The largest absolute Gasteiger partial charge is 0.389 e. The van der Waals surface area contributed by atoms with Crippen LogP contribution >= 0.6 is 0 Å². The van der Waals surface area contributed by atoms with E-state index in [-0.39, 0.29) is 46.6 Å². The van der Waals surface area contributed by atoms with Gasteiger partial charge in [0.2, 0.25) is 0 Å². The van der Waals surface area contributed by atoms with Crippen LogP contribution < -0.4 is 0 Å². The van der Waals surface area contributed by atoms with Crippen molar-refractivity contribution in [2.24, 2.45) is 34.5 Å². The molecular weight excluding hydrogens is 328 g/mol. The molecule has 1 aliphatic heterocycles. The average molecular weight is 356 g/mol. The van der Waals surface area contributed by atoms with Gasteiger partial charge < -0.3 is 9.84 Å². The Hall–Kier alpha value is -1.26. The summed E-state index contributed by atoms with van der Waals surface area (Å²) >= 11 is 0. The summed E-state index contributed by atoms with van der Waals surface area (Å²) in [5, 5.41) is 9.52. The Balaban J connectivity index is 1.57. The minimum atomic E-state index is -0.353. The van der Waals surface area contributed by atoms with E-state index in [1.807, 2.05) is 6.08 Å². The number of carbonyl (C=O) groups excluding carboxylic acids is 2. The van der Waals surface area contributed by atoms with Gasteiger partial charge in [-0.15, -0.1) is 0 Å². The van der Waals surface area contributed by atoms with Crippen LogP contribution in [0.1, 0.15) is 46.5 Å². The lowest BCUT2D eigenvalue weighted by molar-refractivity contribution is -0.132. The molecule has 3 unspecified atom stereocenters. The van der Waals surface area contributed by atoms with Crippen molar-refractivity contribution in [2.75, 3.05) is 6.61 Å². The number of fused-ring (bicyclic) bond motifs is 3. The van der Waals surface area contributed by atoms with Gasteiger partial charge in [0, 0.05) is 11.3 Å². The molecule has 0 aromatic rings. The van der Waals surface area contributed by atoms with E-state index in [9.17, 15) is 14.7 Å². The molecule has 4 nitrogen and oxygen atoms in total. The number of carbonyl (C=O) groups is 2. The molecule has 5 rings (SSSR count). The summed E-state index contributed by atoms with van der Waals surface area (Å²) < 4.78 is 6.50. The number of aliphatic hydroxyl groups is 1. The monoisotopic (exact) mass is 356 g/mol. The van der Waals surface area contributed by atoms with E-state index in [0.29, 0.717) is 17.8 Å². The van der Waals surface area contributed by atoms with Gasteiger partial charge in [0.25, 0.3) is 0 Å². The molecule has 1 saturated heterocycles. The first-order valence-electron chi connectivity index (χ1n) is 10.0. The molecule has 8 atom stereocenters. The SMILES string of the molecule is C[C@@H]1CC2C3CCC4=CC(=O)C=C[C@]4(C)[C@@]34O[C@H]4C[C@]2(C)C1C(=O)CO. The van der Waals surface area contributed by atoms with Gasteiger partial charge in [-0.2, -0.15) is 0 Å². The molecule has 0 bridgehead atoms. The molecule has 0 aromatic carbocycles. The number of epoxide rings is 1. The number of ketones is 2. The predicted octanol–water partition coefficient (Wildman–Crippen LogP) is 2.85. The van der Waals surface area contributed by atoms with Crippen molar-refractivity contribution >= 4 is 11.6 Å². The minimum absolute atomic E-state index is 0.00131. The van der Waals surface area contributed by atoms with Crippen LogP contribution in [-0.4, -0.2) is 35.0 Å². The predicted molar refractivity (Wildman–Crippen MR) is 96.2 cm³/mol. The maximum absolute atomic E-state index is 12.5. The number of allylic oxidation sites excluding steroid dienone is 2. The van der Waals surface area contributed by atoms with Gasteiger partial charge in [0.15, 0.2) is 11.6 Å². The third-order valence-electron chi connectivity index (χ3n) is 8.78. The van der Waals surface area contributed by atoms with Gasteiger partial charge in [-0.1, -0.05) is 25.5 Å². The summed E-state index contributed by atoms with van der Waals surface area (Å²) in [7, 11) is 0. The van der Waals surface area contributed by atoms with Gasteiger partial charge in [0.05, 0.1) is 6.10 Å². The zero-order valence-electron chi connectivity index (χ0n) is 15.8. The van der Waals surface area contributed by atoms with Gasteiger partial charge in [-0.3, -0.25) is 9.59 Å². The lowest BCUT2D eigenvalue weighted by Crippen LogP contribution is -2.57. The van der Waals surface area contributed by atoms with Crippen LogP contribution in [0.2, 0.25) is 0 Å². The molecular formula is C22H28O4. The Bertz CT molecular complexity index is 766. The van der Waals surface area contributed by atoms with Gasteiger partial charge in [0.1, 0.15) is 12.2 Å². The maximum Gasteiger partial charge on any atom is 0.178 e. The molecule has 0 aromatic heterocycles. The molecule has 4 fully saturated rings. The Labute approximate surface area is 154 Å². The molecule has 4 aliphatic carbocycles. The number of ether oxygens (including phenoxy) is 1. The summed E-state index contributed by atoms with van der Waals surface area (Å²) in [4.78, 5) is 24.4. The lowest BCUT2D eigenvalue weighted by atomic mass is 9.47. The normalized spacial score (nSPS) is 53.9. The zero-order valence-corrected chi connectivity index (χ0v) is 15.8. The fourth-order valence-electron chi connectivity index (χ4n) is 7.80. The highest BCUT2D eigenvalue weighted by Gasteiger charge is 2.79. The number of Topliss-reactive ketones (excluding diaryl/α,β-unsaturated/α-hetero) is 1. The molecule has 0 amide bonds. The highest BCUT2D eigenvalue weighted by Crippen LogP contribution is 2.75. The van der Waals surface area contributed by atoms with E-state index in [4.69, 9.17) is 4.74 Å². The van der Waals surface area contributed by atoms with Crippen molar-refractivity contribution in [3.63, 3.8) is 0 Å². The van der Waals surface area contributed by atoms with Crippen molar-refractivity contribution < 1.29 is 19.4 Å². The molecule has 1 N–H and O–H groups in total. The standard InChI is InChI=1S/C22H28O4/c1-12-8-16-15-5-4-13-9-14(24)6-7-21(13,3)22(15)18(26-22)10-20(16,2)19(12)17(25)11-23/h6-7,9,12,15-16,18-19,23H,4-5,8,10-11H2,1-3H3/t12-,15?,16?,18+,19?,20+,21+,22-/m1/s1. The first-order valence-corrected chi connectivity index (χ1v) is 10.0. The molecule has 5 aliphatic rings. The van der Waals surface area contributed by atoms with E-state index >= 15 is 0 Å². The highest BCUT2D eigenvalue weighted by atomic mass is 16.6. The summed E-state index contributed by atoms with van der Waals surface area (Å²) in [5.74, 6) is 1.21. The van der Waals surface area contributed by atoms with E-state index < -0.39 is 0 Å². The van der Waals surface area contributed by atoms with Crippen LogP contribution in [0.25, 0.3) is 0 Å². The Morgan fingerprint density at radius 2 is 2.12 bits per heavy atom. The highest BCUT2D eigenvalue weighted by molar-refractivity contribution is 6.01. The molecule has 26 heavy (non-hydrogen) atoms. The Morgan fingerprint density at radius 1 is 1.35 bits per heavy atom. The van der Waals surface area contributed by atoms with Crippen LogP contribution in [0.5, 0.6) is 0 Å². The van der Waals surface area contributed by atoms with Crippen LogP contribution in [0.3, 0.4) is 0 Å². The van der Waals surface area contributed by atoms with Gasteiger partial charge in [-0.25, -0.2) is 0 Å². The summed E-state index contributed by atoms with van der Waals surface area (Å²) in [5.41, 5.74) is 0.745. The summed E-state index contributed by atoms with van der Waals surface area (Å²) in [6.07, 6.45) is 9.68. The molecule has 1 heterocycles. The second-order valence-electron chi connectivity index (χ2n) is 9.78. The lowest BCUT2D eigenvalue weighted by Gasteiger charge is -2.54. The molecule has 0 radical (unpaired) electrons. The molecule has 1 spiro atoms. The number of hydrogen-bond donors (Lipinski definition) is 1. The second-order valence-corrected chi connectivity index (χ2v) is 9.78. The molecule has 140 valence electrons. The number of aliphatic hydroxyl groups excluding tert-OH is 1. The maximum atomic E-state index is 12.5. The van der Waals surface area contributed by atoms with Crippen molar-refractivity contribution in [3.8, 4) is 0 Å². The van der Waals surface area contributed by atoms with Crippen LogP contribution in [0.4, 0.5) is 0 Å².